The number of hydrogen-bond acceptors (Lipinski definition) is 4. The number of ether oxygens (including phenoxy) is 2. The van der Waals surface area contributed by atoms with Gasteiger partial charge in [-0.2, -0.15) is 0 Å². The SMILES string of the molecule is CC(C)(C)[Si](C)(C)O[C@H]1CCC2(C[C@H]1CCO)OCCO2. The molecule has 2 rings (SSSR count). The molecule has 1 saturated heterocycles. The highest BCUT2D eigenvalue weighted by atomic mass is 28.4. The minimum Gasteiger partial charge on any atom is -0.414 e. The van der Waals surface area contributed by atoms with Crippen LogP contribution in [0, 0.1) is 5.92 Å². The summed E-state index contributed by atoms with van der Waals surface area (Å²) in [5.41, 5.74) is 0. The van der Waals surface area contributed by atoms with Crippen LogP contribution in [0.5, 0.6) is 0 Å². The summed E-state index contributed by atoms with van der Waals surface area (Å²) in [5, 5.41) is 9.61. The average molecular weight is 317 g/mol. The standard InChI is InChI=1S/C16H32O4Si/c1-15(2,3)21(4,5)20-14-6-8-16(18-10-11-19-16)12-13(14)7-9-17/h13-14,17H,6-12H2,1-5H3/t13-,14+/m1/s1. The van der Waals surface area contributed by atoms with Crippen molar-refractivity contribution in [1.82, 2.24) is 0 Å². The van der Waals surface area contributed by atoms with Crippen LogP contribution in [0.1, 0.15) is 46.5 Å². The summed E-state index contributed by atoms with van der Waals surface area (Å²) < 4.78 is 18.3. The molecule has 2 fully saturated rings. The lowest BCUT2D eigenvalue weighted by Gasteiger charge is -2.46. The van der Waals surface area contributed by atoms with E-state index in [9.17, 15) is 5.11 Å². The first-order valence-electron chi connectivity index (χ1n) is 8.26. The molecule has 5 heteroatoms. The molecule has 1 heterocycles. The van der Waals surface area contributed by atoms with Crippen LogP contribution in [0.3, 0.4) is 0 Å². The van der Waals surface area contributed by atoms with Crippen molar-refractivity contribution < 1.29 is 19.0 Å². The van der Waals surface area contributed by atoms with Crippen LogP contribution in [-0.4, -0.2) is 45.1 Å². The number of rotatable bonds is 4. The van der Waals surface area contributed by atoms with E-state index in [0.29, 0.717) is 19.1 Å². The molecule has 0 radical (unpaired) electrons. The summed E-state index contributed by atoms with van der Waals surface area (Å²) in [6.07, 6.45) is 3.74. The minimum atomic E-state index is -1.78. The zero-order valence-electron chi connectivity index (χ0n) is 14.3. The van der Waals surface area contributed by atoms with Gasteiger partial charge in [0.25, 0.3) is 0 Å². The smallest absolute Gasteiger partial charge is 0.192 e. The van der Waals surface area contributed by atoms with Crippen LogP contribution in [0.4, 0.5) is 0 Å². The molecule has 0 aromatic rings. The van der Waals surface area contributed by atoms with E-state index >= 15 is 0 Å². The first kappa shape index (κ1) is 17.4. The summed E-state index contributed by atoms with van der Waals surface area (Å²) in [4.78, 5) is 0. The van der Waals surface area contributed by atoms with E-state index in [1.165, 1.54) is 0 Å². The minimum absolute atomic E-state index is 0.206. The number of aliphatic hydroxyl groups excluding tert-OH is 1. The Bertz CT molecular complexity index is 345. The van der Waals surface area contributed by atoms with E-state index in [1.54, 1.807) is 0 Å². The molecule has 0 aromatic carbocycles. The van der Waals surface area contributed by atoms with Crippen molar-refractivity contribution in [2.24, 2.45) is 5.92 Å². The van der Waals surface area contributed by atoms with Crippen molar-refractivity contribution in [1.29, 1.82) is 0 Å². The fourth-order valence-corrected chi connectivity index (χ4v) is 4.57. The van der Waals surface area contributed by atoms with Crippen molar-refractivity contribution in [2.45, 2.75) is 76.5 Å². The third-order valence-electron chi connectivity index (χ3n) is 5.47. The van der Waals surface area contributed by atoms with E-state index in [4.69, 9.17) is 13.9 Å². The predicted molar refractivity (Wildman–Crippen MR) is 85.7 cm³/mol. The van der Waals surface area contributed by atoms with Gasteiger partial charge in [0.15, 0.2) is 14.1 Å². The topological polar surface area (TPSA) is 47.9 Å². The highest BCUT2D eigenvalue weighted by Gasteiger charge is 2.48. The Morgan fingerprint density at radius 1 is 1.24 bits per heavy atom. The lowest BCUT2D eigenvalue weighted by molar-refractivity contribution is -0.201. The van der Waals surface area contributed by atoms with Gasteiger partial charge in [-0.15, -0.1) is 0 Å². The van der Waals surface area contributed by atoms with E-state index in [1.807, 2.05) is 0 Å². The van der Waals surface area contributed by atoms with Gasteiger partial charge < -0.3 is 19.0 Å². The molecule has 1 N–H and O–H groups in total. The lowest BCUT2D eigenvalue weighted by atomic mass is 9.80. The van der Waals surface area contributed by atoms with Crippen LogP contribution in [0.15, 0.2) is 0 Å². The highest BCUT2D eigenvalue weighted by Crippen LogP contribution is 2.45. The normalized spacial score (nSPS) is 30.0. The number of aliphatic hydroxyl groups is 1. The van der Waals surface area contributed by atoms with Gasteiger partial charge in [-0.1, -0.05) is 20.8 Å². The van der Waals surface area contributed by atoms with E-state index < -0.39 is 14.1 Å². The molecule has 1 aliphatic heterocycles. The Labute approximate surface area is 130 Å². The van der Waals surface area contributed by atoms with Crippen LogP contribution >= 0.6 is 0 Å². The van der Waals surface area contributed by atoms with Crippen LogP contribution in [-0.2, 0) is 13.9 Å². The molecule has 2 atom stereocenters. The fourth-order valence-electron chi connectivity index (χ4n) is 3.15. The number of hydrogen-bond donors (Lipinski definition) is 1. The zero-order chi connectivity index (χ0) is 15.7. The Morgan fingerprint density at radius 2 is 1.86 bits per heavy atom. The largest absolute Gasteiger partial charge is 0.414 e. The van der Waals surface area contributed by atoms with Gasteiger partial charge in [-0.05, 0) is 36.9 Å². The Morgan fingerprint density at radius 3 is 2.38 bits per heavy atom. The second-order valence-corrected chi connectivity index (χ2v) is 12.8. The van der Waals surface area contributed by atoms with Crippen molar-refractivity contribution in [3.8, 4) is 0 Å². The summed E-state index contributed by atoms with van der Waals surface area (Å²) in [6.45, 7) is 13.0. The Hall–Kier alpha value is 0.0569. The van der Waals surface area contributed by atoms with Crippen molar-refractivity contribution in [2.75, 3.05) is 19.8 Å². The predicted octanol–water partition coefficient (Wildman–Crippen LogP) is 3.30. The molecule has 4 nitrogen and oxygen atoms in total. The van der Waals surface area contributed by atoms with Crippen LogP contribution < -0.4 is 0 Å². The molecule has 124 valence electrons. The van der Waals surface area contributed by atoms with Gasteiger partial charge in [0.2, 0.25) is 0 Å². The molecule has 0 aromatic heterocycles. The first-order valence-corrected chi connectivity index (χ1v) is 11.2. The fraction of sp³-hybridized carbons (Fsp3) is 1.00. The molecule has 0 bridgehead atoms. The van der Waals surface area contributed by atoms with Gasteiger partial charge >= 0.3 is 0 Å². The molecule has 1 saturated carbocycles. The van der Waals surface area contributed by atoms with E-state index in [2.05, 4.69) is 33.9 Å². The summed E-state index contributed by atoms with van der Waals surface area (Å²) in [6, 6.07) is 0. The van der Waals surface area contributed by atoms with Gasteiger partial charge in [0, 0.05) is 25.6 Å². The maximum atomic E-state index is 9.40. The maximum Gasteiger partial charge on any atom is 0.192 e. The molecule has 2 aliphatic rings. The maximum absolute atomic E-state index is 9.40. The molecular weight excluding hydrogens is 284 g/mol. The van der Waals surface area contributed by atoms with Crippen LogP contribution in [0.2, 0.25) is 18.1 Å². The average Bonchev–Trinajstić information content (AvgIpc) is 2.80. The molecule has 0 amide bonds. The molecule has 21 heavy (non-hydrogen) atoms. The van der Waals surface area contributed by atoms with Crippen molar-refractivity contribution >= 4 is 8.32 Å². The van der Waals surface area contributed by atoms with Gasteiger partial charge in [-0.25, -0.2) is 0 Å². The monoisotopic (exact) mass is 316 g/mol. The van der Waals surface area contributed by atoms with Crippen molar-refractivity contribution in [3.63, 3.8) is 0 Å². The molecule has 1 spiro atoms. The molecular formula is C16H32O4Si. The summed E-state index contributed by atoms with van der Waals surface area (Å²) in [7, 11) is -1.78. The third kappa shape index (κ3) is 3.88. The lowest BCUT2D eigenvalue weighted by Crippen LogP contribution is -2.50. The van der Waals surface area contributed by atoms with Gasteiger partial charge in [-0.3, -0.25) is 0 Å². The zero-order valence-corrected chi connectivity index (χ0v) is 15.3. The van der Waals surface area contributed by atoms with E-state index in [-0.39, 0.29) is 17.7 Å². The van der Waals surface area contributed by atoms with Crippen LogP contribution in [0.25, 0.3) is 0 Å². The van der Waals surface area contributed by atoms with Gasteiger partial charge in [0.1, 0.15) is 0 Å². The molecule has 0 unspecified atom stereocenters. The molecule has 1 aliphatic carbocycles. The van der Waals surface area contributed by atoms with Gasteiger partial charge in [0.05, 0.1) is 13.2 Å². The first-order chi connectivity index (χ1) is 9.69. The Balaban J connectivity index is 2.05. The second kappa shape index (κ2) is 6.28. The third-order valence-corrected chi connectivity index (χ3v) is 9.98. The second-order valence-electron chi connectivity index (χ2n) is 8.04. The Kier molecular flexibility index (Phi) is 5.21. The summed E-state index contributed by atoms with van der Waals surface area (Å²) >= 11 is 0. The highest BCUT2D eigenvalue weighted by molar-refractivity contribution is 6.74. The quantitative estimate of drug-likeness (QED) is 0.809. The van der Waals surface area contributed by atoms with Crippen molar-refractivity contribution in [3.05, 3.63) is 0 Å². The van der Waals surface area contributed by atoms with E-state index in [0.717, 1.165) is 25.7 Å². The summed E-state index contributed by atoms with van der Waals surface area (Å²) in [5.74, 6) is -0.0661.